The first kappa shape index (κ1) is 20.0. The molecule has 8 nitrogen and oxygen atoms in total. The second kappa shape index (κ2) is 8.49. The molecule has 1 aliphatic heterocycles. The Balaban J connectivity index is 1.70. The molecule has 1 aliphatic rings. The van der Waals surface area contributed by atoms with Gasteiger partial charge in [-0.25, -0.2) is 8.42 Å². The van der Waals surface area contributed by atoms with E-state index in [-0.39, 0.29) is 10.6 Å². The van der Waals surface area contributed by atoms with Gasteiger partial charge in [0.05, 0.1) is 9.82 Å². The fraction of sp³-hybridized carbons (Fsp3) is 0.316. The number of rotatable bonds is 5. The van der Waals surface area contributed by atoms with Crippen molar-refractivity contribution in [3.8, 4) is 0 Å². The number of hydrogen-bond acceptors (Lipinski definition) is 5. The number of nitro benzene ring substituents is 1. The SMILES string of the molecule is O=C(Nc1ccc([N+](=O)[O-])cc1)c1ccc(S(=O)(=O)N2CCCCCC2)cc1. The van der Waals surface area contributed by atoms with Crippen molar-refractivity contribution in [2.24, 2.45) is 0 Å². The lowest BCUT2D eigenvalue weighted by molar-refractivity contribution is -0.384. The van der Waals surface area contributed by atoms with Crippen molar-refractivity contribution in [1.29, 1.82) is 0 Å². The van der Waals surface area contributed by atoms with E-state index in [0.29, 0.717) is 24.3 Å². The second-order valence-corrected chi connectivity index (χ2v) is 8.54. The van der Waals surface area contributed by atoms with Crippen LogP contribution in [0, 0.1) is 10.1 Å². The molecule has 0 aromatic heterocycles. The summed E-state index contributed by atoms with van der Waals surface area (Å²) in [6.45, 7) is 1.04. The maximum absolute atomic E-state index is 12.8. The van der Waals surface area contributed by atoms with Crippen molar-refractivity contribution in [3.05, 3.63) is 64.2 Å². The van der Waals surface area contributed by atoms with Gasteiger partial charge in [0.15, 0.2) is 0 Å². The Hall–Kier alpha value is -2.78. The molecule has 28 heavy (non-hydrogen) atoms. The Kier molecular flexibility index (Phi) is 6.05. The predicted molar refractivity (Wildman–Crippen MR) is 105 cm³/mol. The molecule has 0 bridgehead atoms. The molecule has 0 saturated carbocycles. The maximum atomic E-state index is 12.8. The van der Waals surface area contributed by atoms with Gasteiger partial charge in [0.1, 0.15) is 0 Å². The van der Waals surface area contributed by atoms with Crippen LogP contribution in [0.5, 0.6) is 0 Å². The first-order valence-electron chi connectivity index (χ1n) is 9.04. The Morgan fingerprint density at radius 3 is 2.04 bits per heavy atom. The van der Waals surface area contributed by atoms with E-state index in [1.165, 1.54) is 52.8 Å². The average Bonchev–Trinajstić information content (AvgIpc) is 2.98. The van der Waals surface area contributed by atoms with E-state index in [1.54, 1.807) is 0 Å². The second-order valence-electron chi connectivity index (χ2n) is 6.60. The van der Waals surface area contributed by atoms with E-state index in [4.69, 9.17) is 0 Å². The normalized spacial score (nSPS) is 15.6. The van der Waals surface area contributed by atoms with E-state index >= 15 is 0 Å². The molecule has 0 radical (unpaired) electrons. The molecule has 0 unspecified atom stereocenters. The summed E-state index contributed by atoms with van der Waals surface area (Å²) in [5, 5.41) is 13.3. The molecule has 1 heterocycles. The smallest absolute Gasteiger partial charge is 0.269 e. The third kappa shape index (κ3) is 4.55. The quantitative estimate of drug-likeness (QED) is 0.608. The number of benzene rings is 2. The molecule has 2 aromatic carbocycles. The summed E-state index contributed by atoms with van der Waals surface area (Å²) in [5.74, 6) is -0.424. The van der Waals surface area contributed by atoms with Crippen molar-refractivity contribution in [2.45, 2.75) is 30.6 Å². The standard InChI is InChI=1S/C19H21N3O5S/c23-19(20-16-7-9-17(10-8-16)22(24)25)15-5-11-18(12-6-15)28(26,27)21-13-3-1-2-4-14-21/h5-12H,1-4,13-14H2,(H,20,23). The molecule has 1 saturated heterocycles. The molecule has 1 amide bonds. The average molecular weight is 403 g/mol. The molecular weight excluding hydrogens is 382 g/mol. The lowest BCUT2D eigenvalue weighted by Gasteiger charge is -2.20. The summed E-state index contributed by atoms with van der Waals surface area (Å²) >= 11 is 0. The van der Waals surface area contributed by atoms with Crippen LogP contribution in [0.2, 0.25) is 0 Å². The van der Waals surface area contributed by atoms with Gasteiger partial charge in [0.2, 0.25) is 10.0 Å². The van der Waals surface area contributed by atoms with Crippen molar-refractivity contribution >= 4 is 27.3 Å². The van der Waals surface area contributed by atoms with Crippen LogP contribution in [0.25, 0.3) is 0 Å². The molecule has 1 N–H and O–H groups in total. The Morgan fingerprint density at radius 1 is 0.929 bits per heavy atom. The van der Waals surface area contributed by atoms with Crippen molar-refractivity contribution in [2.75, 3.05) is 18.4 Å². The van der Waals surface area contributed by atoms with Gasteiger partial charge in [-0.3, -0.25) is 14.9 Å². The highest BCUT2D eigenvalue weighted by Gasteiger charge is 2.25. The number of carbonyl (C=O) groups excluding carboxylic acids is 1. The van der Waals surface area contributed by atoms with Crippen LogP contribution in [0.15, 0.2) is 53.4 Å². The third-order valence-electron chi connectivity index (χ3n) is 4.66. The van der Waals surface area contributed by atoms with Crippen LogP contribution in [-0.2, 0) is 10.0 Å². The van der Waals surface area contributed by atoms with Crippen LogP contribution in [-0.4, -0.2) is 36.6 Å². The number of amides is 1. The number of non-ortho nitro benzene ring substituents is 1. The number of nitrogens with zero attached hydrogens (tertiary/aromatic N) is 2. The first-order chi connectivity index (χ1) is 13.4. The van der Waals surface area contributed by atoms with Crippen molar-refractivity contribution < 1.29 is 18.1 Å². The highest BCUT2D eigenvalue weighted by Crippen LogP contribution is 2.21. The number of nitro groups is 1. The molecule has 0 atom stereocenters. The van der Waals surface area contributed by atoms with Gasteiger partial charge in [0, 0.05) is 36.5 Å². The zero-order valence-corrected chi connectivity index (χ0v) is 16.0. The number of anilines is 1. The predicted octanol–water partition coefficient (Wildman–Crippen LogP) is 3.41. The molecule has 3 rings (SSSR count). The Morgan fingerprint density at radius 2 is 1.50 bits per heavy atom. The molecule has 0 aliphatic carbocycles. The van der Waals surface area contributed by atoms with Gasteiger partial charge in [-0.05, 0) is 49.2 Å². The number of sulfonamides is 1. The number of nitrogens with one attached hydrogen (secondary N) is 1. The summed E-state index contributed by atoms with van der Waals surface area (Å²) in [7, 11) is -3.56. The van der Waals surface area contributed by atoms with Crippen LogP contribution < -0.4 is 5.32 Å². The largest absolute Gasteiger partial charge is 0.322 e. The zero-order chi connectivity index (χ0) is 20.1. The summed E-state index contributed by atoms with van der Waals surface area (Å²) in [6, 6.07) is 11.3. The molecule has 9 heteroatoms. The van der Waals surface area contributed by atoms with Crippen LogP contribution >= 0.6 is 0 Å². The minimum absolute atomic E-state index is 0.0685. The highest BCUT2D eigenvalue weighted by molar-refractivity contribution is 7.89. The number of hydrogen-bond donors (Lipinski definition) is 1. The van der Waals surface area contributed by atoms with Gasteiger partial charge in [-0.1, -0.05) is 12.8 Å². The molecule has 0 spiro atoms. The van der Waals surface area contributed by atoms with Gasteiger partial charge in [-0.2, -0.15) is 4.31 Å². The lowest BCUT2D eigenvalue weighted by atomic mass is 10.2. The number of carbonyl (C=O) groups is 1. The first-order valence-corrected chi connectivity index (χ1v) is 10.5. The Bertz CT molecular complexity index is 948. The molecule has 148 valence electrons. The van der Waals surface area contributed by atoms with E-state index < -0.39 is 20.9 Å². The van der Waals surface area contributed by atoms with Crippen LogP contribution in [0.1, 0.15) is 36.0 Å². The summed E-state index contributed by atoms with van der Waals surface area (Å²) in [5.41, 5.74) is 0.645. The van der Waals surface area contributed by atoms with Gasteiger partial charge >= 0.3 is 0 Å². The van der Waals surface area contributed by atoms with Gasteiger partial charge in [-0.15, -0.1) is 0 Å². The fourth-order valence-electron chi connectivity index (χ4n) is 3.08. The molecular formula is C19H21N3O5S. The monoisotopic (exact) mass is 403 g/mol. The fourth-order valence-corrected chi connectivity index (χ4v) is 4.60. The minimum Gasteiger partial charge on any atom is -0.322 e. The van der Waals surface area contributed by atoms with Gasteiger partial charge < -0.3 is 5.32 Å². The van der Waals surface area contributed by atoms with Crippen LogP contribution in [0.4, 0.5) is 11.4 Å². The van der Waals surface area contributed by atoms with Crippen molar-refractivity contribution in [3.63, 3.8) is 0 Å². The van der Waals surface area contributed by atoms with E-state index in [1.807, 2.05) is 0 Å². The summed E-state index contributed by atoms with van der Waals surface area (Å²) in [4.78, 5) is 22.7. The van der Waals surface area contributed by atoms with Crippen LogP contribution in [0.3, 0.4) is 0 Å². The summed E-state index contributed by atoms with van der Waals surface area (Å²) in [6.07, 6.45) is 3.78. The lowest BCUT2D eigenvalue weighted by Crippen LogP contribution is -2.31. The summed E-state index contributed by atoms with van der Waals surface area (Å²) < 4.78 is 27.0. The third-order valence-corrected chi connectivity index (χ3v) is 6.57. The topological polar surface area (TPSA) is 110 Å². The maximum Gasteiger partial charge on any atom is 0.269 e. The van der Waals surface area contributed by atoms with E-state index in [2.05, 4.69) is 5.32 Å². The van der Waals surface area contributed by atoms with Gasteiger partial charge in [0.25, 0.3) is 11.6 Å². The highest BCUT2D eigenvalue weighted by atomic mass is 32.2. The minimum atomic E-state index is -3.56. The van der Waals surface area contributed by atoms with Crippen molar-refractivity contribution in [1.82, 2.24) is 4.31 Å². The van der Waals surface area contributed by atoms with E-state index in [0.717, 1.165) is 25.7 Å². The Labute approximate surface area is 163 Å². The molecule has 1 fully saturated rings. The molecule has 2 aromatic rings. The zero-order valence-electron chi connectivity index (χ0n) is 15.2. The van der Waals surface area contributed by atoms with E-state index in [9.17, 15) is 23.3 Å².